The van der Waals surface area contributed by atoms with Gasteiger partial charge in [0.15, 0.2) is 0 Å². The van der Waals surface area contributed by atoms with E-state index in [2.05, 4.69) is 38.4 Å². The van der Waals surface area contributed by atoms with Crippen LogP contribution in [0.1, 0.15) is 6.92 Å². The second-order valence-corrected chi connectivity index (χ2v) is 6.56. The summed E-state index contributed by atoms with van der Waals surface area (Å²) in [6.07, 6.45) is 5.42. The number of nitrogens with one attached hydrogen (secondary N) is 2. The van der Waals surface area contributed by atoms with Crippen molar-refractivity contribution in [3.05, 3.63) is 42.9 Å². The molecule has 3 heterocycles. The lowest BCUT2D eigenvalue weighted by Gasteiger charge is -2.32. The monoisotopic (exact) mass is 351 g/mol. The molecule has 3 aromatic rings. The minimum absolute atomic E-state index is 0.0587. The number of morpholine rings is 1. The van der Waals surface area contributed by atoms with Gasteiger partial charge in [-0.3, -0.25) is 14.8 Å². The largest absolute Gasteiger partial charge is 0.379 e. The van der Waals surface area contributed by atoms with Crippen molar-refractivity contribution in [3.63, 3.8) is 0 Å². The zero-order valence-electron chi connectivity index (χ0n) is 14.6. The summed E-state index contributed by atoms with van der Waals surface area (Å²) in [5.41, 5.74) is 2.09. The van der Waals surface area contributed by atoms with Crippen LogP contribution >= 0.6 is 0 Å². The normalized spacial score (nSPS) is 18.1. The van der Waals surface area contributed by atoms with Crippen molar-refractivity contribution < 1.29 is 9.53 Å². The second kappa shape index (κ2) is 7.23. The van der Waals surface area contributed by atoms with E-state index in [-0.39, 0.29) is 11.9 Å². The Morgan fingerprint density at radius 3 is 3.04 bits per heavy atom. The molecule has 0 aliphatic carbocycles. The van der Waals surface area contributed by atoms with Gasteiger partial charge in [0.25, 0.3) is 0 Å². The molecule has 7 heteroatoms. The highest BCUT2D eigenvalue weighted by atomic mass is 16.5. The number of aromatic nitrogens is 3. The van der Waals surface area contributed by atoms with Crippen LogP contribution in [0.2, 0.25) is 0 Å². The molecule has 0 saturated carbocycles. The SMILES string of the molecule is C[C@H]1COCCN1CC(=O)Nc1cc2cc(-c3cn[nH]c3)ccc2cn1. The van der Waals surface area contributed by atoms with Crippen LogP contribution < -0.4 is 5.32 Å². The molecule has 2 N–H and O–H groups in total. The van der Waals surface area contributed by atoms with Crippen molar-refractivity contribution in [2.75, 3.05) is 31.6 Å². The van der Waals surface area contributed by atoms with Gasteiger partial charge in [-0.1, -0.05) is 12.1 Å². The maximum Gasteiger partial charge on any atom is 0.239 e. The number of benzene rings is 1. The zero-order chi connectivity index (χ0) is 17.9. The lowest BCUT2D eigenvalue weighted by atomic mass is 10.1. The average Bonchev–Trinajstić information content (AvgIpc) is 3.18. The van der Waals surface area contributed by atoms with Crippen molar-refractivity contribution in [3.8, 4) is 11.1 Å². The summed E-state index contributed by atoms with van der Waals surface area (Å²) in [4.78, 5) is 18.8. The molecule has 4 rings (SSSR count). The van der Waals surface area contributed by atoms with Gasteiger partial charge in [-0.05, 0) is 30.0 Å². The number of H-pyrrole nitrogens is 1. The van der Waals surface area contributed by atoms with Crippen molar-refractivity contribution in [2.24, 2.45) is 0 Å². The summed E-state index contributed by atoms with van der Waals surface area (Å²) in [5, 5.41) is 11.8. The number of rotatable bonds is 4. The van der Waals surface area contributed by atoms with Crippen molar-refractivity contribution >= 4 is 22.5 Å². The number of hydrogen-bond acceptors (Lipinski definition) is 5. The fourth-order valence-electron chi connectivity index (χ4n) is 3.16. The van der Waals surface area contributed by atoms with Gasteiger partial charge < -0.3 is 10.1 Å². The molecule has 1 aliphatic heterocycles. The molecule has 134 valence electrons. The zero-order valence-corrected chi connectivity index (χ0v) is 14.6. The number of carbonyl (C=O) groups excluding carboxylic acids is 1. The third kappa shape index (κ3) is 3.58. The van der Waals surface area contributed by atoms with Gasteiger partial charge >= 0.3 is 0 Å². The van der Waals surface area contributed by atoms with Gasteiger partial charge in [0.1, 0.15) is 5.82 Å². The Bertz CT molecular complexity index is 909. The molecule has 0 unspecified atom stereocenters. The fraction of sp³-hybridized carbons (Fsp3) is 0.316. The van der Waals surface area contributed by atoms with E-state index in [1.165, 1.54) is 0 Å². The van der Waals surface area contributed by atoms with Crippen LogP contribution in [0.4, 0.5) is 5.82 Å². The molecule has 2 aromatic heterocycles. The maximum atomic E-state index is 12.4. The van der Waals surface area contributed by atoms with Gasteiger partial charge in [-0.2, -0.15) is 5.10 Å². The Kier molecular flexibility index (Phi) is 4.64. The van der Waals surface area contributed by atoms with E-state index in [1.54, 1.807) is 12.4 Å². The highest BCUT2D eigenvalue weighted by Crippen LogP contribution is 2.24. The summed E-state index contributed by atoms with van der Waals surface area (Å²) in [5.74, 6) is 0.504. The smallest absolute Gasteiger partial charge is 0.239 e. The van der Waals surface area contributed by atoms with Crippen LogP contribution in [0.25, 0.3) is 21.9 Å². The Morgan fingerprint density at radius 1 is 1.31 bits per heavy atom. The summed E-state index contributed by atoms with van der Waals surface area (Å²) in [7, 11) is 0. The van der Waals surface area contributed by atoms with Gasteiger partial charge in [0.05, 0.1) is 26.0 Å². The first kappa shape index (κ1) is 16.7. The highest BCUT2D eigenvalue weighted by Gasteiger charge is 2.21. The van der Waals surface area contributed by atoms with Crippen LogP contribution in [-0.2, 0) is 9.53 Å². The summed E-state index contributed by atoms with van der Waals surface area (Å²) >= 11 is 0. The molecule has 1 fully saturated rings. The Balaban J connectivity index is 1.50. The molecule has 0 bridgehead atoms. The standard InChI is InChI=1S/C19H21N5O2/c1-13-12-26-5-4-24(13)11-19(25)23-18-7-16-6-14(17-9-21-22-10-17)2-3-15(16)8-20-18/h2-3,6-10,13H,4-5,11-12H2,1H3,(H,21,22)(H,20,23,25)/t13-/m0/s1. The molecular formula is C19H21N5O2. The van der Waals surface area contributed by atoms with Crippen LogP contribution in [0.15, 0.2) is 42.9 Å². The van der Waals surface area contributed by atoms with E-state index in [1.807, 2.05) is 24.4 Å². The minimum Gasteiger partial charge on any atom is -0.379 e. The molecule has 0 spiro atoms. The molecule has 7 nitrogen and oxygen atoms in total. The lowest BCUT2D eigenvalue weighted by molar-refractivity contribution is -0.119. The predicted octanol–water partition coefficient (Wildman–Crippen LogP) is 2.28. The summed E-state index contributed by atoms with van der Waals surface area (Å²) in [6, 6.07) is 8.27. The number of carbonyl (C=O) groups is 1. The van der Waals surface area contributed by atoms with E-state index in [0.29, 0.717) is 25.6 Å². The lowest BCUT2D eigenvalue weighted by Crippen LogP contribution is -2.47. The Hall–Kier alpha value is -2.77. The fourth-order valence-corrected chi connectivity index (χ4v) is 3.16. The average molecular weight is 351 g/mol. The van der Waals surface area contributed by atoms with Gasteiger partial charge in [0.2, 0.25) is 5.91 Å². The molecule has 0 radical (unpaired) electrons. The summed E-state index contributed by atoms with van der Waals surface area (Å²) in [6.45, 7) is 4.52. The Morgan fingerprint density at radius 2 is 2.23 bits per heavy atom. The first-order chi connectivity index (χ1) is 12.7. The van der Waals surface area contributed by atoms with Crippen molar-refractivity contribution in [1.82, 2.24) is 20.1 Å². The molecule has 1 aromatic carbocycles. The minimum atomic E-state index is -0.0587. The number of aromatic amines is 1. The molecule has 1 atom stereocenters. The van der Waals surface area contributed by atoms with Crippen LogP contribution in [0, 0.1) is 0 Å². The van der Waals surface area contributed by atoms with Crippen LogP contribution in [0.3, 0.4) is 0 Å². The summed E-state index contributed by atoms with van der Waals surface area (Å²) < 4.78 is 5.41. The van der Waals surface area contributed by atoms with Gasteiger partial charge in [-0.25, -0.2) is 4.98 Å². The number of anilines is 1. The molecular weight excluding hydrogens is 330 g/mol. The number of pyridine rings is 1. The molecule has 1 aliphatic rings. The third-order valence-electron chi connectivity index (χ3n) is 4.67. The van der Waals surface area contributed by atoms with Crippen LogP contribution in [-0.4, -0.2) is 58.3 Å². The van der Waals surface area contributed by atoms with E-state index >= 15 is 0 Å². The number of fused-ring (bicyclic) bond motifs is 1. The first-order valence-electron chi connectivity index (χ1n) is 8.69. The van der Waals surface area contributed by atoms with E-state index in [0.717, 1.165) is 28.4 Å². The number of amides is 1. The quantitative estimate of drug-likeness (QED) is 0.753. The Labute approximate surface area is 151 Å². The number of ether oxygens (including phenoxy) is 1. The number of hydrogen-bond donors (Lipinski definition) is 2. The van der Waals surface area contributed by atoms with Crippen molar-refractivity contribution in [1.29, 1.82) is 0 Å². The number of nitrogens with zero attached hydrogens (tertiary/aromatic N) is 3. The highest BCUT2D eigenvalue weighted by molar-refractivity contribution is 5.94. The molecule has 1 saturated heterocycles. The van der Waals surface area contributed by atoms with Gasteiger partial charge in [0, 0.05) is 35.9 Å². The van der Waals surface area contributed by atoms with Gasteiger partial charge in [-0.15, -0.1) is 0 Å². The molecule has 1 amide bonds. The first-order valence-corrected chi connectivity index (χ1v) is 8.69. The maximum absolute atomic E-state index is 12.4. The predicted molar refractivity (Wildman–Crippen MR) is 99.8 cm³/mol. The third-order valence-corrected chi connectivity index (χ3v) is 4.67. The van der Waals surface area contributed by atoms with E-state index in [4.69, 9.17) is 4.74 Å². The molecule has 26 heavy (non-hydrogen) atoms. The second-order valence-electron chi connectivity index (χ2n) is 6.56. The van der Waals surface area contributed by atoms with E-state index < -0.39 is 0 Å². The van der Waals surface area contributed by atoms with Crippen LogP contribution in [0.5, 0.6) is 0 Å². The van der Waals surface area contributed by atoms with E-state index in [9.17, 15) is 4.79 Å². The van der Waals surface area contributed by atoms with Crippen molar-refractivity contribution in [2.45, 2.75) is 13.0 Å². The topological polar surface area (TPSA) is 83.1 Å².